The fraction of sp³-hybridized carbons (Fsp3) is 0.233. The van der Waals surface area contributed by atoms with Gasteiger partial charge in [-0.1, -0.05) is 0 Å². The molecule has 10 nitrogen and oxygen atoms in total. The van der Waals surface area contributed by atoms with Crippen LogP contribution in [0.4, 0.5) is 0 Å². The van der Waals surface area contributed by atoms with E-state index < -0.39 is 11.9 Å². The number of carbonyl (C=O) groups is 2. The highest BCUT2D eigenvalue weighted by Gasteiger charge is 2.15. The van der Waals surface area contributed by atoms with Crippen LogP contribution in [-0.2, 0) is 16.1 Å². The van der Waals surface area contributed by atoms with Crippen LogP contribution in [0.5, 0.6) is 17.2 Å². The van der Waals surface area contributed by atoms with Crippen LogP contribution in [-0.4, -0.2) is 43.0 Å². The Morgan fingerprint density at radius 2 is 1.76 bits per heavy atom. The minimum Gasteiger partial charge on any atom is -0.493 e. The van der Waals surface area contributed by atoms with Crippen molar-refractivity contribution >= 4 is 34.0 Å². The van der Waals surface area contributed by atoms with Gasteiger partial charge in [0.1, 0.15) is 18.1 Å². The molecule has 0 aliphatic carbocycles. The van der Waals surface area contributed by atoms with Crippen LogP contribution < -0.4 is 19.6 Å². The third-order valence-electron chi connectivity index (χ3n) is 5.90. The predicted octanol–water partition coefficient (Wildman–Crippen LogP) is 5.74. The molecule has 1 amide bonds. The summed E-state index contributed by atoms with van der Waals surface area (Å²) in [6.45, 7) is 6.01. The van der Waals surface area contributed by atoms with Crippen molar-refractivity contribution in [2.75, 3.05) is 20.3 Å². The van der Waals surface area contributed by atoms with Gasteiger partial charge in [0, 0.05) is 17.1 Å². The first-order valence-electron chi connectivity index (χ1n) is 12.7. The second-order valence-electron chi connectivity index (χ2n) is 8.83. The number of esters is 1. The number of aryl methyl sites for hydroxylation is 2. The van der Waals surface area contributed by atoms with Crippen molar-refractivity contribution in [3.05, 3.63) is 93.6 Å². The fourth-order valence-electron chi connectivity index (χ4n) is 4.01. The van der Waals surface area contributed by atoms with Crippen LogP contribution >= 0.6 is 15.9 Å². The summed E-state index contributed by atoms with van der Waals surface area (Å²) in [5.41, 5.74) is 6.41. The molecule has 2 heterocycles. The fourth-order valence-corrected chi connectivity index (χ4v) is 4.58. The van der Waals surface area contributed by atoms with Gasteiger partial charge < -0.3 is 27.9 Å². The highest BCUT2D eigenvalue weighted by Crippen LogP contribution is 2.36. The number of nitrogens with one attached hydrogen (secondary N) is 1. The third-order valence-corrected chi connectivity index (χ3v) is 6.49. The summed E-state index contributed by atoms with van der Waals surface area (Å²) in [6.07, 6.45) is 1.44. The Morgan fingerprint density at radius 1 is 1.02 bits per heavy atom. The number of hydrazone groups is 1. The van der Waals surface area contributed by atoms with E-state index >= 15 is 0 Å². The minimum absolute atomic E-state index is 0.0936. The number of hydrogen-bond acceptors (Lipinski definition) is 8. The Kier molecular flexibility index (Phi) is 9.86. The van der Waals surface area contributed by atoms with Gasteiger partial charge in [-0.3, -0.25) is 4.79 Å². The molecule has 0 bridgehead atoms. The first kappa shape index (κ1) is 29.5. The van der Waals surface area contributed by atoms with E-state index in [0.717, 1.165) is 17.1 Å². The Labute approximate surface area is 246 Å². The van der Waals surface area contributed by atoms with E-state index in [1.54, 1.807) is 31.2 Å². The smallest absolute Gasteiger partial charge is 0.344 e. The monoisotopic (exact) mass is 623 g/mol. The summed E-state index contributed by atoms with van der Waals surface area (Å²) in [4.78, 5) is 24.1. The molecular weight excluding hydrogens is 594 g/mol. The average Bonchev–Trinajstić information content (AvgIpc) is 3.57. The van der Waals surface area contributed by atoms with Crippen molar-refractivity contribution in [3.63, 3.8) is 0 Å². The van der Waals surface area contributed by atoms with E-state index in [-0.39, 0.29) is 25.6 Å². The van der Waals surface area contributed by atoms with Crippen molar-refractivity contribution in [1.29, 1.82) is 0 Å². The molecule has 4 rings (SSSR count). The van der Waals surface area contributed by atoms with Crippen molar-refractivity contribution in [1.82, 2.24) is 9.99 Å². The van der Waals surface area contributed by atoms with Crippen LogP contribution in [0.15, 0.2) is 74.7 Å². The van der Waals surface area contributed by atoms with E-state index in [9.17, 15) is 9.59 Å². The second kappa shape index (κ2) is 13.7. The summed E-state index contributed by atoms with van der Waals surface area (Å²) >= 11 is 3.40. The largest absolute Gasteiger partial charge is 0.493 e. The Morgan fingerprint density at radius 3 is 2.44 bits per heavy atom. The lowest BCUT2D eigenvalue weighted by atomic mass is 10.2. The van der Waals surface area contributed by atoms with Gasteiger partial charge in [-0.2, -0.15) is 5.10 Å². The van der Waals surface area contributed by atoms with Gasteiger partial charge in [-0.25, -0.2) is 10.2 Å². The predicted molar refractivity (Wildman–Crippen MR) is 156 cm³/mol. The van der Waals surface area contributed by atoms with Crippen LogP contribution in [0.1, 0.15) is 40.2 Å². The molecule has 2 aromatic carbocycles. The first-order valence-corrected chi connectivity index (χ1v) is 13.5. The molecule has 11 heteroatoms. The number of rotatable bonds is 12. The summed E-state index contributed by atoms with van der Waals surface area (Å²) in [6, 6.07) is 18.5. The number of carbonyl (C=O) groups excluding carboxylic acids is 2. The molecule has 0 unspecified atom stereocenters. The van der Waals surface area contributed by atoms with Crippen molar-refractivity contribution in [2.45, 2.75) is 27.4 Å². The van der Waals surface area contributed by atoms with E-state index in [0.29, 0.717) is 33.0 Å². The lowest BCUT2D eigenvalue weighted by molar-refractivity contribution is -0.145. The van der Waals surface area contributed by atoms with E-state index in [4.69, 9.17) is 23.4 Å². The molecule has 0 saturated carbocycles. The Balaban J connectivity index is 1.30. The summed E-state index contributed by atoms with van der Waals surface area (Å²) in [5.74, 6) is 0.973. The number of halogens is 1. The van der Waals surface area contributed by atoms with Gasteiger partial charge in [-0.05, 0) is 103 Å². The summed E-state index contributed by atoms with van der Waals surface area (Å²) < 4.78 is 29.9. The molecule has 0 aliphatic heterocycles. The zero-order valence-corrected chi connectivity index (χ0v) is 24.7. The lowest BCUT2D eigenvalue weighted by Crippen LogP contribution is -2.17. The number of nitrogens with zero attached hydrogens (tertiary/aromatic N) is 2. The highest BCUT2D eigenvalue weighted by atomic mass is 79.9. The standard InChI is InChI=1S/C30H30BrN3O7/c1-5-38-28(35)18-40-29-25(31)14-21(15-27(29)37-4)16-32-33-30(36)26-13-12-24(41-26)17-39-23-10-8-22(9-11-23)34-19(2)6-7-20(34)3/h6-16H,5,17-18H2,1-4H3,(H,33,36)/b32-16+. The van der Waals surface area contributed by atoms with Crippen LogP contribution in [0.25, 0.3) is 5.69 Å². The molecule has 0 fully saturated rings. The molecule has 214 valence electrons. The third kappa shape index (κ3) is 7.57. The quantitative estimate of drug-likeness (QED) is 0.121. The SMILES string of the molecule is CCOC(=O)COc1c(Br)cc(/C=N/NC(=O)c2ccc(COc3ccc(-n4c(C)ccc4C)cc3)o2)cc1OC. The number of furan rings is 1. The molecule has 4 aromatic rings. The molecule has 41 heavy (non-hydrogen) atoms. The van der Waals surface area contributed by atoms with Gasteiger partial charge in [0.15, 0.2) is 23.9 Å². The number of methoxy groups -OCH3 is 1. The van der Waals surface area contributed by atoms with Gasteiger partial charge in [0.05, 0.1) is 24.4 Å². The zero-order valence-electron chi connectivity index (χ0n) is 23.1. The van der Waals surface area contributed by atoms with Crippen LogP contribution in [0, 0.1) is 13.8 Å². The van der Waals surface area contributed by atoms with E-state index in [2.05, 4.69) is 57.0 Å². The van der Waals surface area contributed by atoms with Gasteiger partial charge in [0.2, 0.25) is 0 Å². The minimum atomic E-state index is -0.519. The normalized spacial score (nSPS) is 11.0. The first-order chi connectivity index (χ1) is 19.8. The molecular formula is C30H30BrN3O7. The van der Waals surface area contributed by atoms with Crippen LogP contribution in [0.3, 0.4) is 0 Å². The number of hydrogen-bond donors (Lipinski definition) is 1. The average molecular weight is 624 g/mol. The highest BCUT2D eigenvalue weighted by molar-refractivity contribution is 9.10. The van der Waals surface area contributed by atoms with Gasteiger partial charge in [0.25, 0.3) is 0 Å². The molecule has 0 atom stereocenters. The second-order valence-corrected chi connectivity index (χ2v) is 9.68. The molecule has 0 saturated heterocycles. The van der Waals surface area contributed by atoms with E-state index in [1.165, 1.54) is 13.3 Å². The molecule has 0 spiro atoms. The van der Waals surface area contributed by atoms with Crippen LogP contribution in [0.2, 0.25) is 0 Å². The van der Waals surface area contributed by atoms with Crippen molar-refractivity contribution in [3.8, 4) is 22.9 Å². The lowest BCUT2D eigenvalue weighted by Gasteiger charge is -2.13. The maximum atomic E-state index is 12.5. The number of ether oxygens (including phenoxy) is 4. The molecule has 0 aliphatic rings. The van der Waals surface area contributed by atoms with Gasteiger partial charge >= 0.3 is 11.9 Å². The Hall–Kier alpha value is -4.51. The number of benzene rings is 2. The number of amides is 1. The van der Waals surface area contributed by atoms with E-state index in [1.807, 2.05) is 24.3 Å². The maximum absolute atomic E-state index is 12.5. The molecule has 2 aromatic heterocycles. The summed E-state index contributed by atoms with van der Waals surface area (Å²) in [5, 5.41) is 4.00. The topological polar surface area (TPSA) is 114 Å². The van der Waals surface area contributed by atoms with Crippen molar-refractivity contribution < 1.29 is 33.0 Å². The zero-order chi connectivity index (χ0) is 29.4. The molecule has 0 radical (unpaired) electrons. The van der Waals surface area contributed by atoms with Crippen molar-refractivity contribution in [2.24, 2.45) is 5.10 Å². The molecule has 1 N–H and O–H groups in total. The summed E-state index contributed by atoms with van der Waals surface area (Å²) in [7, 11) is 1.47. The number of aromatic nitrogens is 1. The van der Waals surface area contributed by atoms with Gasteiger partial charge in [-0.15, -0.1) is 0 Å². The maximum Gasteiger partial charge on any atom is 0.344 e. The Bertz CT molecular complexity index is 1520.